The highest BCUT2D eigenvalue weighted by Crippen LogP contribution is 2.25. The van der Waals surface area contributed by atoms with Gasteiger partial charge in [-0.3, -0.25) is 4.79 Å². The smallest absolute Gasteiger partial charge is 0.337 e. The summed E-state index contributed by atoms with van der Waals surface area (Å²) < 4.78 is 4.70. The van der Waals surface area contributed by atoms with Gasteiger partial charge in [-0.2, -0.15) is 0 Å². The Bertz CT molecular complexity index is 629. The molecule has 0 fully saturated rings. The minimum atomic E-state index is -0.387. The minimum Gasteiger partial charge on any atom is -0.465 e. The highest BCUT2D eigenvalue weighted by atomic mass is 16.5. The van der Waals surface area contributed by atoms with Crippen molar-refractivity contribution in [3.05, 3.63) is 59.7 Å². The zero-order valence-electron chi connectivity index (χ0n) is 10.8. The number of methoxy groups -OCH3 is 1. The zero-order valence-corrected chi connectivity index (χ0v) is 10.8. The van der Waals surface area contributed by atoms with E-state index in [0.29, 0.717) is 11.1 Å². The van der Waals surface area contributed by atoms with E-state index < -0.39 is 0 Å². The summed E-state index contributed by atoms with van der Waals surface area (Å²) in [5, 5.41) is 0. The molecule has 0 aliphatic carbocycles. The summed E-state index contributed by atoms with van der Waals surface area (Å²) in [6.07, 6.45) is 0. The zero-order chi connectivity index (χ0) is 13.8. The molecule has 0 amide bonds. The molecule has 19 heavy (non-hydrogen) atoms. The molecule has 0 aliphatic rings. The lowest BCUT2D eigenvalue weighted by Gasteiger charge is -2.08. The monoisotopic (exact) mass is 254 g/mol. The molecule has 0 aromatic heterocycles. The molecule has 0 atom stereocenters. The van der Waals surface area contributed by atoms with Crippen molar-refractivity contribution in [3.8, 4) is 11.1 Å². The maximum absolute atomic E-state index is 11.6. The lowest BCUT2D eigenvalue weighted by molar-refractivity contribution is 0.0600. The molecule has 3 heteroatoms. The summed E-state index contributed by atoms with van der Waals surface area (Å²) in [6, 6.07) is 14.4. The molecule has 2 aromatic carbocycles. The number of carbonyl (C=O) groups is 2. The van der Waals surface area contributed by atoms with E-state index in [1.165, 1.54) is 14.0 Å². The molecular weight excluding hydrogens is 240 g/mol. The number of ether oxygens (including phenoxy) is 1. The van der Waals surface area contributed by atoms with Crippen LogP contribution in [-0.2, 0) is 4.74 Å². The Morgan fingerprint density at radius 1 is 1.00 bits per heavy atom. The summed E-state index contributed by atoms with van der Waals surface area (Å²) in [6.45, 7) is 1.53. The van der Waals surface area contributed by atoms with Crippen LogP contribution in [0.3, 0.4) is 0 Å². The van der Waals surface area contributed by atoms with Crippen LogP contribution in [0.1, 0.15) is 27.6 Å². The second-order valence-electron chi connectivity index (χ2n) is 4.17. The summed E-state index contributed by atoms with van der Waals surface area (Å²) >= 11 is 0. The highest BCUT2D eigenvalue weighted by Gasteiger charge is 2.11. The predicted molar refractivity (Wildman–Crippen MR) is 73.2 cm³/mol. The standard InChI is InChI=1S/C16H14O3/c1-11(17)14-8-3-4-9-15(14)12-6-5-7-13(10-12)16(18)19-2/h3-10H,1-2H3. The minimum absolute atomic E-state index is 0.000860. The Morgan fingerprint density at radius 2 is 1.74 bits per heavy atom. The average Bonchev–Trinajstić information content (AvgIpc) is 2.46. The predicted octanol–water partition coefficient (Wildman–Crippen LogP) is 3.34. The van der Waals surface area contributed by atoms with Gasteiger partial charge in [0.1, 0.15) is 0 Å². The molecular formula is C16H14O3. The summed E-state index contributed by atoms with van der Waals surface area (Å²) in [7, 11) is 1.35. The number of hydrogen-bond acceptors (Lipinski definition) is 3. The average molecular weight is 254 g/mol. The Kier molecular flexibility index (Phi) is 3.76. The van der Waals surface area contributed by atoms with Crippen LogP contribution < -0.4 is 0 Å². The van der Waals surface area contributed by atoms with Crippen LogP contribution in [0.2, 0.25) is 0 Å². The van der Waals surface area contributed by atoms with Crippen LogP contribution >= 0.6 is 0 Å². The molecule has 0 heterocycles. The summed E-state index contributed by atoms with van der Waals surface area (Å²) in [4.78, 5) is 23.1. The van der Waals surface area contributed by atoms with Crippen LogP contribution in [0, 0.1) is 0 Å². The van der Waals surface area contributed by atoms with Gasteiger partial charge in [-0.05, 0) is 30.2 Å². The molecule has 0 aliphatic heterocycles. The van der Waals surface area contributed by atoms with E-state index in [1.54, 1.807) is 24.3 Å². The number of esters is 1. The lowest BCUT2D eigenvalue weighted by Crippen LogP contribution is -2.01. The fourth-order valence-electron chi connectivity index (χ4n) is 1.97. The van der Waals surface area contributed by atoms with Gasteiger partial charge in [-0.1, -0.05) is 36.4 Å². The van der Waals surface area contributed by atoms with E-state index in [9.17, 15) is 9.59 Å². The molecule has 0 bridgehead atoms. The first-order chi connectivity index (χ1) is 9.13. The lowest BCUT2D eigenvalue weighted by atomic mass is 9.96. The number of rotatable bonds is 3. The molecule has 0 saturated carbocycles. The maximum Gasteiger partial charge on any atom is 0.337 e. The van der Waals surface area contributed by atoms with Crippen LogP contribution in [-0.4, -0.2) is 18.9 Å². The SMILES string of the molecule is COC(=O)c1cccc(-c2ccccc2C(C)=O)c1. The Labute approximate surface area is 111 Å². The third kappa shape index (κ3) is 2.71. The molecule has 96 valence electrons. The Balaban J connectivity index is 2.54. The number of benzene rings is 2. The van der Waals surface area contributed by atoms with Gasteiger partial charge in [-0.25, -0.2) is 4.79 Å². The van der Waals surface area contributed by atoms with Gasteiger partial charge in [-0.15, -0.1) is 0 Å². The fraction of sp³-hybridized carbons (Fsp3) is 0.125. The molecule has 0 saturated heterocycles. The molecule has 0 unspecified atom stereocenters. The van der Waals surface area contributed by atoms with Gasteiger partial charge in [0, 0.05) is 5.56 Å². The van der Waals surface area contributed by atoms with Crippen molar-refractivity contribution in [2.75, 3.05) is 7.11 Å². The third-order valence-corrected chi connectivity index (χ3v) is 2.90. The third-order valence-electron chi connectivity index (χ3n) is 2.90. The molecule has 2 aromatic rings. The van der Waals surface area contributed by atoms with Crippen molar-refractivity contribution in [2.45, 2.75) is 6.92 Å². The first kappa shape index (κ1) is 13.0. The second kappa shape index (κ2) is 5.48. The van der Waals surface area contributed by atoms with Gasteiger partial charge in [0.15, 0.2) is 5.78 Å². The Hall–Kier alpha value is -2.42. The molecule has 0 radical (unpaired) electrons. The van der Waals surface area contributed by atoms with Crippen molar-refractivity contribution in [3.63, 3.8) is 0 Å². The van der Waals surface area contributed by atoms with Crippen molar-refractivity contribution < 1.29 is 14.3 Å². The highest BCUT2D eigenvalue weighted by molar-refractivity contribution is 6.01. The van der Waals surface area contributed by atoms with E-state index in [-0.39, 0.29) is 11.8 Å². The van der Waals surface area contributed by atoms with Gasteiger partial charge < -0.3 is 4.74 Å². The largest absolute Gasteiger partial charge is 0.465 e. The number of Topliss-reactive ketones (excluding diaryl/α,β-unsaturated/α-hetero) is 1. The molecule has 3 nitrogen and oxygen atoms in total. The van der Waals surface area contributed by atoms with E-state index in [2.05, 4.69) is 0 Å². The molecule has 2 rings (SSSR count). The number of carbonyl (C=O) groups excluding carboxylic acids is 2. The van der Waals surface area contributed by atoms with Crippen LogP contribution in [0.25, 0.3) is 11.1 Å². The maximum atomic E-state index is 11.6. The number of ketones is 1. The van der Waals surface area contributed by atoms with E-state index >= 15 is 0 Å². The van der Waals surface area contributed by atoms with Crippen molar-refractivity contribution >= 4 is 11.8 Å². The first-order valence-electron chi connectivity index (χ1n) is 5.92. The normalized spacial score (nSPS) is 10.0. The quantitative estimate of drug-likeness (QED) is 0.623. The second-order valence-corrected chi connectivity index (χ2v) is 4.17. The summed E-state index contributed by atoms with van der Waals surface area (Å²) in [5.74, 6) is -0.388. The number of hydrogen-bond donors (Lipinski definition) is 0. The van der Waals surface area contributed by atoms with Crippen molar-refractivity contribution in [2.24, 2.45) is 0 Å². The fourth-order valence-corrected chi connectivity index (χ4v) is 1.97. The molecule has 0 spiro atoms. The summed E-state index contributed by atoms with van der Waals surface area (Å²) in [5.41, 5.74) is 2.76. The van der Waals surface area contributed by atoms with Crippen LogP contribution in [0.4, 0.5) is 0 Å². The Morgan fingerprint density at radius 3 is 2.42 bits per heavy atom. The van der Waals surface area contributed by atoms with E-state index in [4.69, 9.17) is 4.74 Å². The van der Waals surface area contributed by atoms with Crippen molar-refractivity contribution in [1.29, 1.82) is 0 Å². The van der Waals surface area contributed by atoms with E-state index in [1.807, 2.05) is 24.3 Å². The van der Waals surface area contributed by atoms with Gasteiger partial charge in [0.25, 0.3) is 0 Å². The molecule has 0 N–H and O–H groups in total. The topological polar surface area (TPSA) is 43.4 Å². The van der Waals surface area contributed by atoms with Crippen LogP contribution in [0.5, 0.6) is 0 Å². The van der Waals surface area contributed by atoms with E-state index in [0.717, 1.165) is 11.1 Å². The van der Waals surface area contributed by atoms with Gasteiger partial charge >= 0.3 is 5.97 Å². The van der Waals surface area contributed by atoms with Crippen molar-refractivity contribution in [1.82, 2.24) is 0 Å². The van der Waals surface area contributed by atoms with Gasteiger partial charge in [0.2, 0.25) is 0 Å². The van der Waals surface area contributed by atoms with Gasteiger partial charge in [0.05, 0.1) is 12.7 Å². The first-order valence-corrected chi connectivity index (χ1v) is 5.92. The van der Waals surface area contributed by atoms with Crippen LogP contribution in [0.15, 0.2) is 48.5 Å².